The first-order chi connectivity index (χ1) is 9.61. The third-order valence-corrected chi connectivity index (χ3v) is 4.80. The molecule has 110 valence electrons. The van der Waals surface area contributed by atoms with Crippen LogP contribution in [-0.4, -0.2) is 24.4 Å². The second-order valence-electron chi connectivity index (χ2n) is 5.21. The molecule has 20 heavy (non-hydrogen) atoms. The fourth-order valence-electron chi connectivity index (χ4n) is 2.44. The number of likely N-dealkylation sites (N-methyl/N-ethyl adjacent to an activating group) is 1. The molecule has 1 aliphatic rings. The molecular weight excluding hydrogens is 272 g/mol. The number of rotatable bonds is 4. The van der Waals surface area contributed by atoms with Crippen LogP contribution in [0.1, 0.15) is 53.2 Å². The van der Waals surface area contributed by atoms with Crippen LogP contribution in [0.3, 0.4) is 0 Å². The van der Waals surface area contributed by atoms with E-state index in [-0.39, 0.29) is 11.8 Å². The van der Waals surface area contributed by atoms with Gasteiger partial charge in [0.2, 0.25) is 5.91 Å². The largest absolute Gasteiger partial charge is 0.355 e. The number of fused-ring (bicyclic) bond motifs is 1. The van der Waals surface area contributed by atoms with E-state index in [2.05, 4.69) is 10.6 Å². The van der Waals surface area contributed by atoms with Gasteiger partial charge in [-0.1, -0.05) is 6.42 Å². The van der Waals surface area contributed by atoms with Crippen LogP contribution in [0.4, 0.5) is 0 Å². The van der Waals surface area contributed by atoms with Crippen molar-refractivity contribution in [3.8, 4) is 0 Å². The summed E-state index contributed by atoms with van der Waals surface area (Å²) in [6.07, 6.45) is 5.85. The first-order valence-electron chi connectivity index (χ1n) is 7.32. The van der Waals surface area contributed by atoms with Gasteiger partial charge >= 0.3 is 0 Å². The van der Waals surface area contributed by atoms with E-state index in [0.717, 1.165) is 17.7 Å². The fourth-order valence-corrected chi connectivity index (χ4v) is 3.60. The summed E-state index contributed by atoms with van der Waals surface area (Å²) in [4.78, 5) is 25.9. The average Bonchev–Trinajstić information content (AvgIpc) is 2.70. The molecule has 0 aliphatic heterocycles. The fraction of sp³-hybridized carbons (Fsp3) is 0.600. The highest BCUT2D eigenvalue weighted by atomic mass is 32.1. The molecule has 0 unspecified atom stereocenters. The Hall–Kier alpha value is -1.36. The Morgan fingerprint density at radius 3 is 2.80 bits per heavy atom. The quantitative estimate of drug-likeness (QED) is 0.837. The standard InChI is InChI=1S/C15H22N2O2S/c1-3-16-14(18)10(2)17-15(19)13-9-11-7-5-4-6-8-12(11)20-13/h9-10H,3-8H2,1-2H3,(H,16,18)(H,17,19)/t10-/m1/s1. The first-order valence-corrected chi connectivity index (χ1v) is 8.13. The van der Waals surface area contributed by atoms with Gasteiger partial charge in [-0.3, -0.25) is 9.59 Å². The number of carbonyl (C=O) groups is 2. The summed E-state index contributed by atoms with van der Waals surface area (Å²) in [5, 5.41) is 5.47. The van der Waals surface area contributed by atoms with Crippen LogP contribution in [-0.2, 0) is 17.6 Å². The lowest BCUT2D eigenvalue weighted by Gasteiger charge is -2.12. The maximum Gasteiger partial charge on any atom is 0.262 e. The predicted octanol–water partition coefficient (Wildman–Crippen LogP) is 2.27. The lowest BCUT2D eigenvalue weighted by atomic mass is 10.1. The zero-order valence-electron chi connectivity index (χ0n) is 12.1. The summed E-state index contributed by atoms with van der Waals surface area (Å²) < 4.78 is 0. The average molecular weight is 294 g/mol. The van der Waals surface area contributed by atoms with Gasteiger partial charge in [0, 0.05) is 11.4 Å². The van der Waals surface area contributed by atoms with Crippen molar-refractivity contribution >= 4 is 23.2 Å². The van der Waals surface area contributed by atoms with Crippen molar-refractivity contribution in [1.29, 1.82) is 0 Å². The Morgan fingerprint density at radius 1 is 1.30 bits per heavy atom. The Labute approximate surface area is 124 Å². The number of thiophene rings is 1. The van der Waals surface area contributed by atoms with E-state index in [0.29, 0.717) is 6.54 Å². The zero-order valence-corrected chi connectivity index (χ0v) is 12.9. The van der Waals surface area contributed by atoms with Crippen LogP contribution in [0, 0.1) is 0 Å². The first kappa shape index (κ1) is 15.0. The van der Waals surface area contributed by atoms with Gasteiger partial charge in [0.25, 0.3) is 5.91 Å². The number of aryl methyl sites for hydroxylation is 2. The van der Waals surface area contributed by atoms with Crippen molar-refractivity contribution in [2.75, 3.05) is 6.54 Å². The SMILES string of the molecule is CCNC(=O)[C@@H](C)NC(=O)c1cc2c(s1)CCCCC2. The third kappa shape index (κ3) is 3.60. The topological polar surface area (TPSA) is 58.2 Å². The van der Waals surface area contributed by atoms with Crippen LogP contribution in [0.15, 0.2) is 6.07 Å². The molecular formula is C15H22N2O2S. The monoisotopic (exact) mass is 294 g/mol. The Bertz CT molecular complexity index is 473. The maximum absolute atomic E-state index is 12.2. The van der Waals surface area contributed by atoms with Crippen molar-refractivity contribution in [3.05, 3.63) is 21.4 Å². The zero-order chi connectivity index (χ0) is 14.5. The molecule has 1 aromatic heterocycles. The third-order valence-electron chi connectivity index (χ3n) is 3.56. The second-order valence-corrected chi connectivity index (χ2v) is 6.35. The van der Waals surface area contributed by atoms with E-state index in [9.17, 15) is 9.59 Å². The van der Waals surface area contributed by atoms with Crippen molar-refractivity contribution in [3.63, 3.8) is 0 Å². The van der Waals surface area contributed by atoms with Gasteiger partial charge in [-0.25, -0.2) is 0 Å². The molecule has 0 bridgehead atoms. The molecule has 0 fully saturated rings. The van der Waals surface area contributed by atoms with E-state index in [1.165, 1.54) is 29.7 Å². The van der Waals surface area contributed by atoms with Gasteiger partial charge in [-0.2, -0.15) is 0 Å². The molecule has 1 aromatic rings. The highest BCUT2D eigenvalue weighted by molar-refractivity contribution is 7.14. The van der Waals surface area contributed by atoms with Gasteiger partial charge in [-0.05, 0) is 51.2 Å². The number of amides is 2. The molecule has 1 heterocycles. The van der Waals surface area contributed by atoms with E-state index >= 15 is 0 Å². The van der Waals surface area contributed by atoms with Gasteiger partial charge < -0.3 is 10.6 Å². The van der Waals surface area contributed by atoms with Gasteiger partial charge in [-0.15, -0.1) is 11.3 Å². The van der Waals surface area contributed by atoms with Crippen LogP contribution in [0.25, 0.3) is 0 Å². The minimum absolute atomic E-state index is 0.137. The van der Waals surface area contributed by atoms with Gasteiger partial charge in [0.05, 0.1) is 4.88 Å². The Morgan fingerprint density at radius 2 is 2.05 bits per heavy atom. The Kier molecular flexibility index (Phi) is 5.17. The van der Waals surface area contributed by atoms with Crippen molar-refractivity contribution in [2.45, 2.75) is 52.0 Å². The van der Waals surface area contributed by atoms with E-state index in [1.54, 1.807) is 18.3 Å². The molecule has 5 heteroatoms. The maximum atomic E-state index is 12.2. The van der Waals surface area contributed by atoms with Crippen LogP contribution >= 0.6 is 11.3 Å². The molecule has 0 saturated heterocycles. The minimum atomic E-state index is -0.496. The molecule has 1 aliphatic carbocycles. The summed E-state index contributed by atoms with van der Waals surface area (Å²) in [6.45, 7) is 4.15. The lowest BCUT2D eigenvalue weighted by molar-refractivity contribution is -0.122. The summed E-state index contributed by atoms with van der Waals surface area (Å²) in [5.74, 6) is -0.277. The summed E-state index contributed by atoms with van der Waals surface area (Å²) >= 11 is 1.58. The molecule has 2 rings (SSSR count). The van der Waals surface area contributed by atoms with E-state index < -0.39 is 6.04 Å². The lowest BCUT2D eigenvalue weighted by Crippen LogP contribution is -2.44. The van der Waals surface area contributed by atoms with Crippen molar-refractivity contribution in [1.82, 2.24) is 10.6 Å². The Balaban J connectivity index is 2.01. The molecule has 1 atom stereocenters. The second kappa shape index (κ2) is 6.88. The van der Waals surface area contributed by atoms with Gasteiger partial charge in [0.15, 0.2) is 0 Å². The number of nitrogens with one attached hydrogen (secondary N) is 2. The van der Waals surface area contributed by atoms with Crippen molar-refractivity contribution < 1.29 is 9.59 Å². The molecule has 4 nitrogen and oxygen atoms in total. The minimum Gasteiger partial charge on any atom is -0.355 e. The van der Waals surface area contributed by atoms with Crippen LogP contribution in [0.2, 0.25) is 0 Å². The molecule has 0 saturated carbocycles. The number of carbonyl (C=O) groups excluding carboxylic acids is 2. The predicted molar refractivity (Wildman–Crippen MR) is 81.2 cm³/mol. The molecule has 2 N–H and O–H groups in total. The molecule has 0 aromatic carbocycles. The van der Waals surface area contributed by atoms with E-state index in [1.807, 2.05) is 13.0 Å². The summed E-state index contributed by atoms with van der Waals surface area (Å²) in [7, 11) is 0. The van der Waals surface area contributed by atoms with E-state index in [4.69, 9.17) is 0 Å². The highest BCUT2D eigenvalue weighted by Gasteiger charge is 2.20. The van der Waals surface area contributed by atoms with Crippen LogP contribution in [0.5, 0.6) is 0 Å². The normalized spacial score (nSPS) is 15.9. The smallest absolute Gasteiger partial charge is 0.262 e. The number of hydrogen-bond donors (Lipinski definition) is 2. The number of hydrogen-bond acceptors (Lipinski definition) is 3. The summed E-state index contributed by atoms with van der Waals surface area (Å²) in [6, 6.07) is 1.51. The van der Waals surface area contributed by atoms with Gasteiger partial charge in [0.1, 0.15) is 6.04 Å². The van der Waals surface area contributed by atoms with Crippen molar-refractivity contribution in [2.24, 2.45) is 0 Å². The molecule has 0 spiro atoms. The highest BCUT2D eigenvalue weighted by Crippen LogP contribution is 2.28. The summed E-state index contributed by atoms with van der Waals surface area (Å²) in [5.41, 5.74) is 1.32. The molecule has 0 radical (unpaired) electrons. The molecule has 2 amide bonds. The van der Waals surface area contributed by atoms with Crippen LogP contribution < -0.4 is 10.6 Å².